The number of carbonyl (C=O) groups is 1. The molecular weight excluding hydrogens is 244 g/mol. The Morgan fingerprint density at radius 1 is 1.64 bits per heavy atom. The number of halogens is 1. The van der Waals surface area contributed by atoms with Crippen LogP contribution in [0.2, 0.25) is 0 Å². The molecule has 0 saturated carbocycles. The Hall–Kier alpha value is -1.16. The summed E-state index contributed by atoms with van der Waals surface area (Å²) in [6.07, 6.45) is 3.29. The molecule has 0 aliphatic rings. The molecule has 2 heterocycles. The molecule has 2 rings (SSSR count). The smallest absolute Gasteiger partial charge is 0.132 e. The molecule has 0 aliphatic carbocycles. The van der Waals surface area contributed by atoms with E-state index in [2.05, 4.69) is 20.9 Å². The SMILES string of the molecule is Cc1nc(Br)c2cc(CC=O)ccn12. The largest absolute Gasteiger partial charge is 0.303 e. The van der Waals surface area contributed by atoms with E-state index in [-0.39, 0.29) is 0 Å². The maximum Gasteiger partial charge on any atom is 0.132 e. The monoisotopic (exact) mass is 252 g/mol. The molecule has 4 heteroatoms. The summed E-state index contributed by atoms with van der Waals surface area (Å²) >= 11 is 3.38. The van der Waals surface area contributed by atoms with Gasteiger partial charge in [-0.1, -0.05) is 0 Å². The molecule has 0 aliphatic heterocycles. The molecule has 3 nitrogen and oxygen atoms in total. The third-order valence-electron chi connectivity index (χ3n) is 2.16. The number of aldehydes is 1. The van der Waals surface area contributed by atoms with Crippen molar-refractivity contribution < 1.29 is 4.79 Å². The highest BCUT2D eigenvalue weighted by Gasteiger charge is 2.05. The van der Waals surface area contributed by atoms with Crippen LogP contribution in [0.25, 0.3) is 5.52 Å². The molecule has 2 aromatic rings. The van der Waals surface area contributed by atoms with Crippen molar-refractivity contribution in [1.82, 2.24) is 9.38 Å². The third kappa shape index (κ3) is 1.46. The first-order valence-electron chi connectivity index (χ1n) is 4.29. The molecule has 0 saturated heterocycles. The number of pyridine rings is 1. The Kier molecular flexibility index (Phi) is 2.37. The first-order chi connectivity index (χ1) is 6.72. The second kappa shape index (κ2) is 3.53. The van der Waals surface area contributed by atoms with Crippen LogP contribution in [-0.2, 0) is 11.2 Å². The zero-order chi connectivity index (χ0) is 10.1. The first kappa shape index (κ1) is 9.40. The number of rotatable bonds is 2. The van der Waals surface area contributed by atoms with E-state index in [4.69, 9.17) is 0 Å². The van der Waals surface area contributed by atoms with Gasteiger partial charge in [-0.3, -0.25) is 0 Å². The predicted octanol–water partition coefficient (Wildman–Crippen LogP) is 2.15. The average Bonchev–Trinajstić information content (AvgIpc) is 2.43. The Morgan fingerprint density at radius 2 is 2.43 bits per heavy atom. The van der Waals surface area contributed by atoms with Crippen molar-refractivity contribution in [2.24, 2.45) is 0 Å². The van der Waals surface area contributed by atoms with E-state index in [1.54, 1.807) is 0 Å². The van der Waals surface area contributed by atoms with Crippen LogP contribution in [0, 0.1) is 6.92 Å². The lowest BCUT2D eigenvalue weighted by molar-refractivity contribution is -0.107. The lowest BCUT2D eigenvalue weighted by atomic mass is 10.2. The van der Waals surface area contributed by atoms with Gasteiger partial charge >= 0.3 is 0 Å². The minimum absolute atomic E-state index is 0.452. The molecule has 0 atom stereocenters. The van der Waals surface area contributed by atoms with Gasteiger partial charge in [-0.05, 0) is 40.5 Å². The molecule has 0 fully saturated rings. The van der Waals surface area contributed by atoms with E-state index in [1.807, 2.05) is 29.7 Å². The number of carbonyl (C=O) groups excluding carboxylic acids is 1. The summed E-state index contributed by atoms with van der Waals surface area (Å²) in [5.74, 6) is 0.935. The summed E-state index contributed by atoms with van der Waals surface area (Å²) in [4.78, 5) is 14.6. The first-order valence-corrected chi connectivity index (χ1v) is 5.08. The van der Waals surface area contributed by atoms with Crippen molar-refractivity contribution in [3.05, 3.63) is 34.3 Å². The van der Waals surface area contributed by atoms with E-state index >= 15 is 0 Å². The van der Waals surface area contributed by atoms with E-state index in [0.29, 0.717) is 6.42 Å². The van der Waals surface area contributed by atoms with E-state index in [9.17, 15) is 4.79 Å². The molecule has 0 bridgehead atoms. The highest BCUT2D eigenvalue weighted by Crippen LogP contribution is 2.19. The minimum atomic E-state index is 0.452. The fraction of sp³-hybridized carbons (Fsp3) is 0.200. The molecule has 0 spiro atoms. The number of hydrogen-bond acceptors (Lipinski definition) is 2. The Morgan fingerprint density at radius 3 is 3.14 bits per heavy atom. The highest BCUT2D eigenvalue weighted by molar-refractivity contribution is 9.10. The lowest BCUT2D eigenvalue weighted by Gasteiger charge is -1.98. The van der Waals surface area contributed by atoms with Gasteiger partial charge in [-0.25, -0.2) is 4.98 Å². The topological polar surface area (TPSA) is 34.4 Å². The second-order valence-electron chi connectivity index (χ2n) is 3.11. The van der Waals surface area contributed by atoms with Gasteiger partial charge in [0, 0.05) is 12.6 Å². The van der Waals surface area contributed by atoms with Gasteiger partial charge in [-0.2, -0.15) is 0 Å². The van der Waals surface area contributed by atoms with Crippen molar-refractivity contribution in [2.45, 2.75) is 13.3 Å². The van der Waals surface area contributed by atoms with E-state index < -0.39 is 0 Å². The maximum atomic E-state index is 10.4. The summed E-state index contributed by atoms with van der Waals surface area (Å²) in [6, 6.07) is 3.90. The van der Waals surface area contributed by atoms with Crippen LogP contribution in [0.5, 0.6) is 0 Å². The fourth-order valence-corrected chi connectivity index (χ4v) is 2.02. The van der Waals surface area contributed by atoms with Crippen molar-refractivity contribution >= 4 is 27.7 Å². The summed E-state index contributed by atoms with van der Waals surface area (Å²) in [5.41, 5.74) is 2.01. The van der Waals surface area contributed by atoms with Crippen molar-refractivity contribution in [3.8, 4) is 0 Å². The Bertz CT molecular complexity index is 490. The number of nitrogens with zero attached hydrogens (tertiary/aromatic N) is 2. The fourth-order valence-electron chi connectivity index (χ4n) is 1.46. The molecular formula is C10H9BrN2O. The van der Waals surface area contributed by atoms with Crippen molar-refractivity contribution in [2.75, 3.05) is 0 Å². The van der Waals surface area contributed by atoms with Crippen LogP contribution >= 0.6 is 15.9 Å². The second-order valence-corrected chi connectivity index (χ2v) is 3.86. The number of hydrogen-bond donors (Lipinski definition) is 0. The van der Waals surface area contributed by atoms with Gasteiger partial charge in [0.25, 0.3) is 0 Å². The van der Waals surface area contributed by atoms with Crippen LogP contribution in [0.1, 0.15) is 11.4 Å². The molecule has 0 unspecified atom stereocenters. The van der Waals surface area contributed by atoms with Crippen molar-refractivity contribution in [1.29, 1.82) is 0 Å². The zero-order valence-corrected chi connectivity index (χ0v) is 9.28. The lowest BCUT2D eigenvalue weighted by Crippen LogP contribution is -1.91. The molecule has 0 amide bonds. The van der Waals surface area contributed by atoms with Crippen molar-refractivity contribution in [3.63, 3.8) is 0 Å². The maximum absolute atomic E-state index is 10.4. The number of aryl methyl sites for hydroxylation is 1. The minimum Gasteiger partial charge on any atom is -0.303 e. The number of fused-ring (bicyclic) bond motifs is 1. The average molecular weight is 253 g/mol. The van der Waals surface area contributed by atoms with Crippen LogP contribution in [0.3, 0.4) is 0 Å². The van der Waals surface area contributed by atoms with Crippen LogP contribution in [0.15, 0.2) is 22.9 Å². The normalized spacial score (nSPS) is 10.7. The van der Waals surface area contributed by atoms with Gasteiger partial charge in [0.1, 0.15) is 16.7 Å². The molecule has 2 aromatic heterocycles. The number of imidazole rings is 1. The summed E-state index contributed by atoms with van der Waals surface area (Å²) in [6.45, 7) is 1.94. The number of aromatic nitrogens is 2. The van der Waals surface area contributed by atoms with Crippen LogP contribution < -0.4 is 0 Å². The standard InChI is InChI=1S/C10H9BrN2O/c1-7-12-10(11)9-6-8(3-5-14)2-4-13(7)9/h2,4-6H,3H2,1H3. The molecule has 72 valence electrons. The van der Waals surface area contributed by atoms with Crippen LogP contribution in [-0.4, -0.2) is 15.7 Å². The van der Waals surface area contributed by atoms with Gasteiger partial charge in [0.2, 0.25) is 0 Å². The summed E-state index contributed by atoms with van der Waals surface area (Å²) < 4.78 is 2.81. The summed E-state index contributed by atoms with van der Waals surface area (Å²) in [5, 5.41) is 0. The van der Waals surface area contributed by atoms with Crippen LogP contribution in [0.4, 0.5) is 0 Å². The molecule has 0 aromatic carbocycles. The van der Waals surface area contributed by atoms with Gasteiger partial charge in [0.05, 0.1) is 5.52 Å². The van der Waals surface area contributed by atoms with Gasteiger partial charge in [-0.15, -0.1) is 0 Å². The van der Waals surface area contributed by atoms with E-state index in [0.717, 1.165) is 27.8 Å². The van der Waals surface area contributed by atoms with Gasteiger partial charge in [0.15, 0.2) is 0 Å². The predicted molar refractivity (Wildman–Crippen MR) is 57.4 cm³/mol. The summed E-state index contributed by atoms with van der Waals surface area (Å²) in [7, 11) is 0. The third-order valence-corrected chi connectivity index (χ3v) is 2.74. The van der Waals surface area contributed by atoms with E-state index in [1.165, 1.54) is 0 Å². The highest BCUT2D eigenvalue weighted by atomic mass is 79.9. The molecule has 0 radical (unpaired) electrons. The zero-order valence-electron chi connectivity index (χ0n) is 7.70. The van der Waals surface area contributed by atoms with Gasteiger partial charge < -0.3 is 9.20 Å². The Balaban J connectivity index is 2.64. The molecule has 0 N–H and O–H groups in total. The Labute approximate surface area is 89.9 Å². The quantitative estimate of drug-likeness (QED) is 0.768. The molecule has 14 heavy (non-hydrogen) atoms.